The van der Waals surface area contributed by atoms with Gasteiger partial charge in [-0.1, -0.05) is 37.1 Å². The van der Waals surface area contributed by atoms with Gasteiger partial charge in [-0.2, -0.15) is 0 Å². The molecule has 0 atom stereocenters. The molecule has 1 aromatic rings. The molecule has 0 radical (unpaired) electrons. The van der Waals surface area contributed by atoms with Gasteiger partial charge in [-0.25, -0.2) is 0 Å². The second kappa shape index (κ2) is 9.78. The molecule has 1 N–H and O–H groups in total. The SMILES string of the molecule is CCCCN(C)CCC(=O)NCCc1ccc(Cl)cc1. The molecule has 3 nitrogen and oxygen atoms in total. The highest BCUT2D eigenvalue weighted by Crippen LogP contribution is 2.09. The Morgan fingerprint density at radius 2 is 1.95 bits per heavy atom. The number of unbranched alkanes of at least 4 members (excludes halogenated alkanes) is 1. The smallest absolute Gasteiger partial charge is 0.221 e. The fourth-order valence-corrected chi connectivity index (χ4v) is 2.04. The fourth-order valence-electron chi connectivity index (χ4n) is 1.92. The summed E-state index contributed by atoms with van der Waals surface area (Å²) in [6.07, 6.45) is 3.79. The molecule has 0 saturated heterocycles. The topological polar surface area (TPSA) is 32.3 Å². The minimum atomic E-state index is 0.127. The van der Waals surface area contributed by atoms with E-state index in [4.69, 9.17) is 11.6 Å². The van der Waals surface area contributed by atoms with E-state index in [1.165, 1.54) is 18.4 Å². The number of hydrogen-bond donors (Lipinski definition) is 1. The van der Waals surface area contributed by atoms with E-state index in [0.29, 0.717) is 13.0 Å². The zero-order valence-corrected chi connectivity index (χ0v) is 13.2. The number of carbonyl (C=O) groups is 1. The van der Waals surface area contributed by atoms with Crippen molar-refractivity contribution >= 4 is 17.5 Å². The standard InChI is InChI=1S/C16H25ClN2O/c1-3-4-12-19(2)13-10-16(20)18-11-9-14-5-7-15(17)8-6-14/h5-8H,3-4,9-13H2,1-2H3,(H,18,20). The predicted octanol–water partition coefficient (Wildman–Crippen LogP) is 3.12. The summed E-state index contributed by atoms with van der Waals surface area (Å²) in [5, 5.41) is 3.70. The third-order valence-electron chi connectivity index (χ3n) is 3.26. The van der Waals surface area contributed by atoms with E-state index in [2.05, 4.69) is 24.2 Å². The number of hydrogen-bond acceptors (Lipinski definition) is 2. The van der Waals surface area contributed by atoms with Gasteiger partial charge in [0, 0.05) is 24.5 Å². The summed E-state index contributed by atoms with van der Waals surface area (Å²) in [4.78, 5) is 13.9. The van der Waals surface area contributed by atoms with Gasteiger partial charge in [0.2, 0.25) is 5.91 Å². The van der Waals surface area contributed by atoms with E-state index in [1.54, 1.807) is 0 Å². The van der Waals surface area contributed by atoms with E-state index >= 15 is 0 Å². The van der Waals surface area contributed by atoms with Crippen LogP contribution in [0.2, 0.25) is 5.02 Å². The molecular weight excluding hydrogens is 272 g/mol. The molecule has 20 heavy (non-hydrogen) atoms. The number of halogens is 1. The maximum absolute atomic E-state index is 11.7. The number of benzene rings is 1. The minimum absolute atomic E-state index is 0.127. The molecule has 0 heterocycles. The molecule has 0 saturated carbocycles. The summed E-state index contributed by atoms with van der Waals surface area (Å²) in [5.41, 5.74) is 1.19. The number of carbonyl (C=O) groups excluding carboxylic acids is 1. The van der Waals surface area contributed by atoms with E-state index in [9.17, 15) is 4.79 Å². The van der Waals surface area contributed by atoms with Crippen molar-refractivity contribution in [3.8, 4) is 0 Å². The number of nitrogens with zero attached hydrogens (tertiary/aromatic N) is 1. The van der Waals surface area contributed by atoms with Crippen LogP contribution in [0.25, 0.3) is 0 Å². The molecule has 0 aliphatic rings. The first-order valence-corrected chi connectivity index (χ1v) is 7.69. The fraction of sp³-hybridized carbons (Fsp3) is 0.562. The Morgan fingerprint density at radius 1 is 1.25 bits per heavy atom. The van der Waals surface area contributed by atoms with Crippen LogP contribution in [0.4, 0.5) is 0 Å². The Bertz CT molecular complexity index is 392. The molecule has 0 unspecified atom stereocenters. The molecule has 4 heteroatoms. The van der Waals surface area contributed by atoms with E-state index in [-0.39, 0.29) is 5.91 Å². The Labute approximate surface area is 127 Å². The molecule has 1 rings (SSSR count). The Hall–Kier alpha value is -1.06. The van der Waals surface area contributed by atoms with Crippen LogP contribution < -0.4 is 5.32 Å². The minimum Gasteiger partial charge on any atom is -0.356 e. The van der Waals surface area contributed by atoms with Crippen LogP contribution in [0.15, 0.2) is 24.3 Å². The Morgan fingerprint density at radius 3 is 2.60 bits per heavy atom. The van der Waals surface area contributed by atoms with Gasteiger partial charge in [0.1, 0.15) is 0 Å². The lowest BCUT2D eigenvalue weighted by Gasteiger charge is -2.15. The zero-order chi connectivity index (χ0) is 14.8. The van der Waals surface area contributed by atoms with Crippen molar-refractivity contribution in [3.05, 3.63) is 34.9 Å². The molecular formula is C16H25ClN2O. The van der Waals surface area contributed by atoms with Crippen LogP contribution in [0, 0.1) is 0 Å². The van der Waals surface area contributed by atoms with Gasteiger partial charge in [0.15, 0.2) is 0 Å². The highest BCUT2D eigenvalue weighted by atomic mass is 35.5. The van der Waals surface area contributed by atoms with Crippen LogP contribution >= 0.6 is 11.6 Å². The molecule has 1 amide bonds. The van der Waals surface area contributed by atoms with Crippen LogP contribution in [0.1, 0.15) is 31.7 Å². The van der Waals surface area contributed by atoms with Crippen molar-refractivity contribution in [1.29, 1.82) is 0 Å². The lowest BCUT2D eigenvalue weighted by molar-refractivity contribution is -0.121. The van der Waals surface area contributed by atoms with Gasteiger partial charge in [-0.05, 0) is 44.1 Å². The van der Waals surface area contributed by atoms with Gasteiger partial charge in [-0.3, -0.25) is 4.79 Å². The molecule has 1 aromatic carbocycles. The van der Waals surface area contributed by atoms with Crippen molar-refractivity contribution in [2.45, 2.75) is 32.6 Å². The molecule has 0 fully saturated rings. The van der Waals surface area contributed by atoms with Crippen LogP contribution in [0.5, 0.6) is 0 Å². The third kappa shape index (κ3) is 7.51. The summed E-state index contributed by atoms with van der Waals surface area (Å²) >= 11 is 5.83. The van der Waals surface area contributed by atoms with Crippen molar-refractivity contribution in [3.63, 3.8) is 0 Å². The Kier molecular flexibility index (Phi) is 8.31. The number of amides is 1. The largest absolute Gasteiger partial charge is 0.356 e. The highest BCUT2D eigenvalue weighted by Gasteiger charge is 2.04. The molecule has 0 aromatic heterocycles. The van der Waals surface area contributed by atoms with Gasteiger partial charge in [0.25, 0.3) is 0 Å². The second-order valence-corrected chi connectivity index (χ2v) is 5.57. The van der Waals surface area contributed by atoms with Crippen molar-refractivity contribution in [2.75, 3.05) is 26.7 Å². The van der Waals surface area contributed by atoms with E-state index in [0.717, 1.165) is 24.5 Å². The molecule has 0 bridgehead atoms. The summed E-state index contributed by atoms with van der Waals surface area (Å²) < 4.78 is 0. The van der Waals surface area contributed by atoms with Gasteiger partial charge in [-0.15, -0.1) is 0 Å². The third-order valence-corrected chi connectivity index (χ3v) is 3.52. The van der Waals surface area contributed by atoms with Gasteiger partial charge < -0.3 is 10.2 Å². The molecule has 112 valence electrons. The first-order chi connectivity index (χ1) is 9.61. The van der Waals surface area contributed by atoms with Crippen LogP contribution in [-0.2, 0) is 11.2 Å². The molecule has 0 aliphatic heterocycles. The monoisotopic (exact) mass is 296 g/mol. The number of nitrogens with one attached hydrogen (secondary N) is 1. The maximum Gasteiger partial charge on any atom is 0.221 e. The average Bonchev–Trinajstić information content (AvgIpc) is 2.45. The van der Waals surface area contributed by atoms with E-state index in [1.807, 2.05) is 24.3 Å². The maximum atomic E-state index is 11.7. The second-order valence-electron chi connectivity index (χ2n) is 5.13. The Balaban J connectivity index is 2.12. The molecule has 0 aliphatic carbocycles. The van der Waals surface area contributed by atoms with Crippen molar-refractivity contribution in [1.82, 2.24) is 10.2 Å². The summed E-state index contributed by atoms with van der Waals surface area (Å²) in [7, 11) is 2.07. The summed E-state index contributed by atoms with van der Waals surface area (Å²) in [5.74, 6) is 0.127. The van der Waals surface area contributed by atoms with Gasteiger partial charge >= 0.3 is 0 Å². The van der Waals surface area contributed by atoms with Crippen LogP contribution in [0.3, 0.4) is 0 Å². The van der Waals surface area contributed by atoms with Crippen LogP contribution in [-0.4, -0.2) is 37.5 Å². The van der Waals surface area contributed by atoms with E-state index < -0.39 is 0 Å². The van der Waals surface area contributed by atoms with Crippen molar-refractivity contribution < 1.29 is 4.79 Å². The summed E-state index contributed by atoms with van der Waals surface area (Å²) in [6, 6.07) is 7.74. The predicted molar refractivity (Wildman–Crippen MR) is 85.2 cm³/mol. The number of rotatable bonds is 9. The lowest BCUT2D eigenvalue weighted by atomic mass is 10.1. The zero-order valence-electron chi connectivity index (χ0n) is 12.5. The van der Waals surface area contributed by atoms with Crippen molar-refractivity contribution in [2.24, 2.45) is 0 Å². The normalized spacial score (nSPS) is 10.8. The highest BCUT2D eigenvalue weighted by molar-refractivity contribution is 6.30. The molecule has 0 spiro atoms. The first kappa shape index (κ1) is 17.0. The average molecular weight is 297 g/mol. The quantitative estimate of drug-likeness (QED) is 0.759. The van der Waals surface area contributed by atoms with Gasteiger partial charge in [0.05, 0.1) is 0 Å². The lowest BCUT2D eigenvalue weighted by Crippen LogP contribution is -2.30. The first-order valence-electron chi connectivity index (χ1n) is 7.31. The summed E-state index contributed by atoms with van der Waals surface area (Å²) in [6.45, 7) is 4.75.